The fourth-order valence-electron chi connectivity index (χ4n) is 4.94. The highest BCUT2D eigenvalue weighted by Gasteiger charge is 2.41. The van der Waals surface area contributed by atoms with Crippen LogP contribution in [0.15, 0.2) is 36.4 Å². The maximum Gasteiger partial charge on any atom is 0.127 e. The van der Waals surface area contributed by atoms with Crippen molar-refractivity contribution in [3.05, 3.63) is 69.6 Å². The van der Waals surface area contributed by atoms with E-state index in [4.69, 9.17) is 11.6 Å². The van der Waals surface area contributed by atoms with Gasteiger partial charge in [-0.1, -0.05) is 23.7 Å². The maximum atomic E-state index is 14.2. The average molecular weight is 398 g/mol. The van der Waals surface area contributed by atoms with Gasteiger partial charge in [-0.3, -0.25) is 4.90 Å². The summed E-state index contributed by atoms with van der Waals surface area (Å²) in [6.45, 7) is 5.50. The lowest BCUT2D eigenvalue weighted by Gasteiger charge is -2.45. The summed E-state index contributed by atoms with van der Waals surface area (Å²) in [7, 11) is 0. The molecule has 0 amide bonds. The van der Waals surface area contributed by atoms with Crippen molar-refractivity contribution in [1.82, 2.24) is 15.2 Å². The molecule has 2 aliphatic rings. The van der Waals surface area contributed by atoms with Gasteiger partial charge in [-0.2, -0.15) is 0 Å². The Morgan fingerprint density at radius 2 is 1.96 bits per heavy atom. The first-order valence-corrected chi connectivity index (χ1v) is 10.4. The number of benzene rings is 2. The Morgan fingerprint density at radius 3 is 2.75 bits per heavy atom. The molecule has 3 heterocycles. The zero-order valence-corrected chi connectivity index (χ0v) is 16.9. The van der Waals surface area contributed by atoms with E-state index < -0.39 is 0 Å². The number of hydrogen-bond acceptors (Lipinski definition) is 2. The van der Waals surface area contributed by atoms with Gasteiger partial charge in [-0.05, 0) is 61.6 Å². The molecular weight excluding hydrogens is 373 g/mol. The lowest BCUT2D eigenvalue weighted by Crippen LogP contribution is -2.54. The van der Waals surface area contributed by atoms with E-state index in [9.17, 15) is 4.39 Å². The number of likely N-dealkylation sites (tertiary alicyclic amines) is 1. The van der Waals surface area contributed by atoms with Crippen LogP contribution in [0.4, 0.5) is 4.39 Å². The van der Waals surface area contributed by atoms with Crippen molar-refractivity contribution in [2.45, 2.75) is 38.3 Å². The first-order chi connectivity index (χ1) is 13.5. The summed E-state index contributed by atoms with van der Waals surface area (Å²) >= 11 is 6.25. The van der Waals surface area contributed by atoms with Crippen LogP contribution < -0.4 is 5.32 Å². The van der Waals surface area contributed by atoms with Gasteiger partial charge in [0.1, 0.15) is 5.82 Å². The zero-order valence-electron chi connectivity index (χ0n) is 16.1. The minimum atomic E-state index is -0.0918. The number of aromatic nitrogens is 1. The normalized spacial score (nSPS) is 19.2. The van der Waals surface area contributed by atoms with Gasteiger partial charge in [0.2, 0.25) is 0 Å². The van der Waals surface area contributed by atoms with Gasteiger partial charge < -0.3 is 10.3 Å². The van der Waals surface area contributed by atoms with Crippen molar-refractivity contribution in [2.75, 3.05) is 19.6 Å². The molecule has 146 valence electrons. The Balaban J connectivity index is 1.38. The fraction of sp³-hybridized carbons (Fsp3) is 0.391. The summed E-state index contributed by atoms with van der Waals surface area (Å²) < 4.78 is 14.2. The summed E-state index contributed by atoms with van der Waals surface area (Å²) in [5, 5.41) is 5.85. The van der Waals surface area contributed by atoms with Gasteiger partial charge in [0.05, 0.1) is 5.54 Å². The third-order valence-corrected chi connectivity index (χ3v) is 6.73. The van der Waals surface area contributed by atoms with Gasteiger partial charge >= 0.3 is 0 Å². The fourth-order valence-corrected chi connectivity index (χ4v) is 5.12. The lowest BCUT2D eigenvalue weighted by molar-refractivity contribution is 0.120. The molecule has 3 nitrogen and oxygen atoms in total. The molecular formula is C23H25ClFN3. The Hall–Kier alpha value is -1.88. The molecule has 28 heavy (non-hydrogen) atoms. The molecule has 1 aromatic heterocycles. The number of fused-ring (bicyclic) bond motifs is 4. The Morgan fingerprint density at radius 1 is 1.14 bits per heavy atom. The van der Waals surface area contributed by atoms with Crippen LogP contribution in [0.2, 0.25) is 5.02 Å². The highest BCUT2D eigenvalue weighted by atomic mass is 35.5. The molecule has 1 spiro atoms. The minimum Gasteiger partial charge on any atom is -0.357 e. The van der Waals surface area contributed by atoms with Crippen LogP contribution in [0.1, 0.15) is 35.2 Å². The minimum absolute atomic E-state index is 0.0125. The van der Waals surface area contributed by atoms with Gasteiger partial charge in [0, 0.05) is 53.4 Å². The number of aromatic amines is 1. The quantitative estimate of drug-likeness (QED) is 0.644. The molecule has 0 atom stereocenters. The van der Waals surface area contributed by atoms with Gasteiger partial charge in [0.25, 0.3) is 0 Å². The number of aryl methyl sites for hydroxylation is 1. The summed E-state index contributed by atoms with van der Waals surface area (Å²) in [6, 6.07) is 11.7. The summed E-state index contributed by atoms with van der Waals surface area (Å²) in [4.78, 5) is 6.05. The van der Waals surface area contributed by atoms with E-state index in [2.05, 4.69) is 27.3 Å². The number of nitrogens with zero attached hydrogens (tertiary/aromatic N) is 1. The molecule has 2 aliphatic heterocycles. The van der Waals surface area contributed by atoms with E-state index in [1.54, 1.807) is 6.07 Å². The van der Waals surface area contributed by atoms with Crippen LogP contribution in [0.3, 0.4) is 0 Å². The van der Waals surface area contributed by atoms with E-state index in [-0.39, 0.29) is 11.4 Å². The molecule has 2 N–H and O–H groups in total. The van der Waals surface area contributed by atoms with Crippen LogP contribution in [-0.2, 0) is 18.5 Å². The molecule has 0 saturated carbocycles. The molecule has 0 bridgehead atoms. The third kappa shape index (κ3) is 3.04. The van der Waals surface area contributed by atoms with E-state index in [0.717, 1.165) is 55.0 Å². The topological polar surface area (TPSA) is 31.1 Å². The summed E-state index contributed by atoms with van der Waals surface area (Å²) in [6.07, 6.45) is 3.07. The highest BCUT2D eigenvalue weighted by molar-refractivity contribution is 6.31. The molecule has 5 rings (SSSR count). The first-order valence-electron chi connectivity index (χ1n) is 10.1. The number of halogens is 2. The van der Waals surface area contributed by atoms with Crippen molar-refractivity contribution >= 4 is 22.5 Å². The third-order valence-electron chi connectivity index (χ3n) is 6.50. The average Bonchev–Trinajstić information content (AvgIpc) is 3.05. The molecule has 0 aliphatic carbocycles. The summed E-state index contributed by atoms with van der Waals surface area (Å²) in [5.74, 6) is -0.0918. The SMILES string of the molecule is Cc1ccc(CN2CCC3(CC2)NCCc2c3[nH]c3ccc(Cl)cc23)c(F)c1. The highest BCUT2D eigenvalue weighted by Crippen LogP contribution is 2.40. The van der Waals surface area contributed by atoms with E-state index >= 15 is 0 Å². The molecule has 1 saturated heterocycles. The van der Waals surface area contributed by atoms with Crippen LogP contribution in [0.25, 0.3) is 10.9 Å². The van der Waals surface area contributed by atoms with Crippen LogP contribution >= 0.6 is 11.6 Å². The number of nitrogens with one attached hydrogen (secondary N) is 2. The van der Waals surface area contributed by atoms with E-state index in [1.165, 1.54) is 22.2 Å². The van der Waals surface area contributed by atoms with Gasteiger partial charge in [-0.15, -0.1) is 0 Å². The van der Waals surface area contributed by atoms with Crippen molar-refractivity contribution in [3.63, 3.8) is 0 Å². The van der Waals surface area contributed by atoms with E-state index in [0.29, 0.717) is 6.54 Å². The second-order valence-corrected chi connectivity index (χ2v) is 8.73. The standard InChI is InChI=1S/C23H25ClFN3/c1-15-2-3-16(20(25)12-15)14-28-10-7-23(8-11-28)22-18(6-9-26-23)19-13-17(24)4-5-21(19)27-22/h2-5,12-13,26-27H,6-11,14H2,1H3. The van der Waals surface area contributed by atoms with Crippen molar-refractivity contribution in [1.29, 1.82) is 0 Å². The number of rotatable bonds is 2. The number of piperidine rings is 1. The molecule has 1 fully saturated rings. The number of H-pyrrole nitrogens is 1. The molecule has 0 radical (unpaired) electrons. The van der Waals surface area contributed by atoms with E-state index in [1.807, 2.05) is 25.1 Å². The summed E-state index contributed by atoms with van der Waals surface area (Å²) in [5.41, 5.74) is 5.66. The van der Waals surface area contributed by atoms with Gasteiger partial charge in [0.15, 0.2) is 0 Å². The molecule has 0 unspecified atom stereocenters. The number of hydrogen-bond donors (Lipinski definition) is 2. The smallest absolute Gasteiger partial charge is 0.127 e. The Kier molecular flexibility index (Phi) is 4.46. The van der Waals surface area contributed by atoms with Crippen molar-refractivity contribution in [3.8, 4) is 0 Å². The monoisotopic (exact) mass is 397 g/mol. The van der Waals surface area contributed by atoms with Crippen molar-refractivity contribution in [2.24, 2.45) is 0 Å². The first kappa shape index (κ1) is 18.2. The van der Waals surface area contributed by atoms with Crippen LogP contribution in [-0.4, -0.2) is 29.5 Å². The predicted octanol–water partition coefficient (Wildman–Crippen LogP) is 4.91. The Labute approximate surface area is 169 Å². The lowest BCUT2D eigenvalue weighted by atomic mass is 9.79. The Bertz CT molecular complexity index is 1030. The van der Waals surface area contributed by atoms with Crippen LogP contribution in [0, 0.1) is 12.7 Å². The molecule has 3 aromatic rings. The van der Waals surface area contributed by atoms with Crippen LogP contribution in [0.5, 0.6) is 0 Å². The zero-order chi connectivity index (χ0) is 19.3. The largest absolute Gasteiger partial charge is 0.357 e. The predicted molar refractivity (Wildman–Crippen MR) is 112 cm³/mol. The molecule has 2 aromatic carbocycles. The molecule has 5 heteroatoms. The second-order valence-electron chi connectivity index (χ2n) is 8.30. The maximum absolute atomic E-state index is 14.2. The van der Waals surface area contributed by atoms with Gasteiger partial charge in [-0.25, -0.2) is 4.39 Å². The second kappa shape index (κ2) is 6.87. The van der Waals surface area contributed by atoms with Crippen molar-refractivity contribution < 1.29 is 4.39 Å².